The molecule has 0 aliphatic carbocycles. The average Bonchev–Trinajstić information content (AvgIpc) is 3.03. The molecule has 2 heterocycles. The van der Waals surface area contributed by atoms with E-state index in [1.54, 1.807) is 18.1 Å². The lowest BCUT2D eigenvalue weighted by molar-refractivity contribution is 0.0701. The van der Waals surface area contributed by atoms with Gasteiger partial charge >= 0.3 is 5.97 Å². The second kappa shape index (κ2) is 5.81. The van der Waals surface area contributed by atoms with E-state index in [4.69, 9.17) is 9.84 Å². The lowest BCUT2D eigenvalue weighted by Gasteiger charge is -2.29. The van der Waals surface area contributed by atoms with Gasteiger partial charge in [-0.3, -0.25) is 4.79 Å². The molecule has 0 bridgehead atoms. The van der Waals surface area contributed by atoms with Crippen LogP contribution in [0.2, 0.25) is 0 Å². The molecule has 0 unspecified atom stereocenters. The zero-order chi connectivity index (χ0) is 15.7. The van der Waals surface area contributed by atoms with Gasteiger partial charge in [0.25, 0.3) is 5.91 Å². The van der Waals surface area contributed by atoms with Gasteiger partial charge in [0, 0.05) is 18.7 Å². The predicted molar refractivity (Wildman–Crippen MR) is 82.7 cm³/mol. The second-order valence-corrected chi connectivity index (χ2v) is 6.13. The minimum absolute atomic E-state index is 0.119. The number of benzene rings is 1. The topological polar surface area (TPSA) is 66.8 Å². The van der Waals surface area contributed by atoms with E-state index >= 15 is 0 Å². The highest BCUT2D eigenvalue weighted by Gasteiger charge is 2.25. The highest BCUT2D eigenvalue weighted by Crippen LogP contribution is 2.29. The Labute approximate surface area is 131 Å². The number of amides is 1. The zero-order valence-corrected chi connectivity index (χ0v) is 12.9. The molecular formula is C16H15NO4S. The van der Waals surface area contributed by atoms with Gasteiger partial charge < -0.3 is 14.7 Å². The van der Waals surface area contributed by atoms with E-state index in [9.17, 15) is 9.59 Å². The van der Waals surface area contributed by atoms with E-state index in [2.05, 4.69) is 0 Å². The van der Waals surface area contributed by atoms with Crippen molar-refractivity contribution in [1.82, 2.24) is 4.90 Å². The van der Waals surface area contributed by atoms with Crippen LogP contribution in [0, 0.1) is 0 Å². The number of thiophene rings is 1. The number of hydrogen-bond acceptors (Lipinski definition) is 4. The molecule has 3 rings (SSSR count). The lowest BCUT2D eigenvalue weighted by atomic mass is 9.98. The SMILES string of the molecule is COc1cccc2c1CCN(C(=O)c1ccc(C(=O)O)s1)C2. The van der Waals surface area contributed by atoms with Crippen LogP contribution >= 0.6 is 11.3 Å². The number of carbonyl (C=O) groups is 2. The maximum atomic E-state index is 12.5. The van der Waals surface area contributed by atoms with Crippen molar-refractivity contribution < 1.29 is 19.4 Å². The van der Waals surface area contributed by atoms with Crippen LogP contribution in [0.3, 0.4) is 0 Å². The van der Waals surface area contributed by atoms with Gasteiger partial charge in [-0.1, -0.05) is 12.1 Å². The van der Waals surface area contributed by atoms with Crippen molar-refractivity contribution in [2.45, 2.75) is 13.0 Å². The number of carbonyl (C=O) groups excluding carboxylic acids is 1. The molecule has 114 valence electrons. The maximum absolute atomic E-state index is 12.5. The molecule has 1 aromatic heterocycles. The third-order valence-electron chi connectivity index (χ3n) is 3.76. The number of methoxy groups -OCH3 is 1. The molecule has 1 amide bonds. The predicted octanol–water partition coefficient (Wildman–Crippen LogP) is 2.65. The molecule has 0 saturated carbocycles. The van der Waals surface area contributed by atoms with Gasteiger partial charge in [0.05, 0.1) is 12.0 Å². The summed E-state index contributed by atoms with van der Waals surface area (Å²) in [5, 5.41) is 8.95. The number of rotatable bonds is 3. The summed E-state index contributed by atoms with van der Waals surface area (Å²) in [4.78, 5) is 25.8. The van der Waals surface area contributed by atoms with Gasteiger partial charge in [-0.2, -0.15) is 0 Å². The Kier molecular flexibility index (Phi) is 3.85. The fraction of sp³-hybridized carbons (Fsp3) is 0.250. The van der Waals surface area contributed by atoms with E-state index in [-0.39, 0.29) is 10.8 Å². The van der Waals surface area contributed by atoms with Crippen molar-refractivity contribution in [3.05, 3.63) is 51.2 Å². The van der Waals surface area contributed by atoms with Crippen LogP contribution in [-0.2, 0) is 13.0 Å². The van der Waals surface area contributed by atoms with Crippen LogP contribution in [0.25, 0.3) is 0 Å². The van der Waals surface area contributed by atoms with Gasteiger partial charge in [-0.25, -0.2) is 4.79 Å². The van der Waals surface area contributed by atoms with Gasteiger partial charge in [0.15, 0.2) is 0 Å². The summed E-state index contributed by atoms with van der Waals surface area (Å²) in [6.45, 7) is 1.12. The standard InChI is InChI=1S/C16H15NO4S/c1-21-12-4-2-3-10-9-17(8-7-11(10)12)15(18)13-5-6-14(22-13)16(19)20/h2-6H,7-9H2,1H3,(H,19,20). The Morgan fingerprint density at radius 2 is 2.00 bits per heavy atom. The van der Waals surface area contributed by atoms with Crippen molar-refractivity contribution in [1.29, 1.82) is 0 Å². The molecule has 0 radical (unpaired) electrons. The van der Waals surface area contributed by atoms with Gasteiger partial charge in [-0.15, -0.1) is 11.3 Å². The molecule has 1 aliphatic rings. The van der Waals surface area contributed by atoms with E-state index in [1.165, 1.54) is 6.07 Å². The Balaban J connectivity index is 1.81. The summed E-state index contributed by atoms with van der Waals surface area (Å²) in [5.41, 5.74) is 2.22. The van der Waals surface area contributed by atoms with Crippen LogP contribution in [-0.4, -0.2) is 35.5 Å². The Hall–Kier alpha value is -2.34. The number of carboxylic acids is 1. The average molecular weight is 317 g/mol. The molecule has 0 fully saturated rings. The first-order chi connectivity index (χ1) is 10.6. The van der Waals surface area contributed by atoms with Crippen molar-refractivity contribution in [3.8, 4) is 5.75 Å². The van der Waals surface area contributed by atoms with Crippen LogP contribution in [0.1, 0.15) is 30.5 Å². The number of aromatic carboxylic acids is 1. The fourth-order valence-electron chi connectivity index (χ4n) is 2.66. The normalized spacial score (nSPS) is 13.6. The number of ether oxygens (including phenoxy) is 1. The number of hydrogen-bond donors (Lipinski definition) is 1. The summed E-state index contributed by atoms with van der Waals surface area (Å²) in [7, 11) is 1.65. The number of nitrogens with zero attached hydrogens (tertiary/aromatic N) is 1. The minimum atomic E-state index is -1.00. The Morgan fingerprint density at radius 1 is 1.23 bits per heavy atom. The summed E-state index contributed by atoms with van der Waals surface area (Å²) in [6.07, 6.45) is 0.738. The largest absolute Gasteiger partial charge is 0.496 e. The van der Waals surface area contributed by atoms with E-state index in [0.717, 1.165) is 34.6 Å². The van der Waals surface area contributed by atoms with Crippen molar-refractivity contribution in [2.75, 3.05) is 13.7 Å². The molecule has 22 heavy (non-hydrogen) atoms. The highest BCUT2D eigenvalue weighted by molar-refractivity contribution is 7.15. The summed E-state index contributed by atoms with van der Waals surface area (Å²) < 4.78 is 5.36. The lowest BCUT2D eigenvalue weighted by Crippen LogP contribution is -2.35. The molecular weight excluding hydrogens is 302 g/mol. The van der Waals surface area contributed by atoms with Gasteiger partial charge in [0.1, 0.15) is 10.6 Å². The monoisotopic (exact) mass is 317 g/mol. The quantitative estimate of drug-likeness (QED) is 0.945. The number of fused-ring (bicyclic) bond motifs is 1. The first kappa shape index (κ1) is 14.6. The minimum Gasteiger partial charge on any atom is -0.496 e. The van der Waals surface area contributed by atoms with Crippen LogP contribution in [0.4, 0.5) is 0 Å². The van der Waals surface area contributed by atoms with Crippen LogP contribution < -0.4 is 4.74 Å². The van der Waals surface area contributed by atoms with E-state index in [1.807, 2.05) is 18.2 Å². The van der Waals surface area contributed by atoms with Crippen LogP contribution in [0.15, 0.2) is 30.3 Å². The summed E-state index contributed by atoms with van der Waals surface area (Å²) in [6, 6.07) is 8.89. The third-order valence-corrected chi connectivity index (χ3v) is 4.82. The molecule has 0 atom stereocenters. The smallest absolute Gasteiger partial charge is 0.345 e. The van der Waals surface area contributed by atoms with Crippen molar-refractivity contribution in [3.63, 3.8) is 0 Å². The molecule has 2 aromatic rings. The third kappa shape index (κ3) is 2.57. The molecule has 0 saturated heterocycles. The Bertz CT molecular complexity index is 737. The fourth-order valence-corrected chi connectivity index (χ4v) is 3.48. The molecule has 1 N–H and O–H groups in total. The van der Waals surface area contributed by atoms with E-state index < -0.39 is 5.97 Å². The highest BCUT2D eigenvalue weighted by atomic mass is 32.1. The first-order valence-corrected chi connectivity index (χ1v) is 7.69. The van der Waals surface area contributed by atoms with E-state index in [0.29, 0.717) is 18.0 Å². The molecule has 1 aliphatic heterocycles. The maximum Gasteiger partial charge on any atom is 0.345 e. The van der Waals surface area contributed by atoms with Gasteiger partial charge in [0.2, 0.25) is 0 Å². The number of carboxylic acid groups (broad SMARTS) is 1. The Morgan fingerprint density at radius 3 is 2.68 bits per heavy atom. The summed E-state index contributed by atoms with van der Waals surface area (Å²) in [5.74, 6) is -0.266. The first-order valence-electron chi connectivity index (χ1n) is 6.87. The molecule has 0 spiro atoms. The van der Waals surface area contributed by atoms with Crippen molar-refractivity contribution >= 4 is 23.2 Å². The van der Waals surface area contributed by atoms with Gasteiger partial charge in [-0.05, 0) is 30.2 Å². The summed E-state index contributed by atoms with van der Waals surface area (Å²) >= 11 is 1.02. The molecule has 1 aromatic carbocycles. The van der Waals surface area contributed by atoms with Crippen molar-refractivity contribution in [2.24, 2.45) is 0 Å². The molecule has 5 nitrogen and oxygen atoms in total. The van der Waals surface area contributed by atoms with Crippen LogP contribution in [0.5, 0.6) is 5.75 Å². The zero-order valence-electron chi connectivity index (χ0n) is 12.0. The second-order valence-electron chi connectivity index (χ2n) is 5.04. The molecule has 6 heteroatoms.